The van der Waals surface area contributed by atoms with Gasteiger partial charge in [-0.15, -0.1) is 0 Å². The van der Waals surface area contributed by atoms with Gasteiger partial charge in [0.05, 0.1) is 11.4 Å². The van der Waals surface area contributed by atoms with Crippen molar-refractivity contribution in [3.8, 4) is 0 Å². The molecular weight excluding hydrogens is 263 g/mol. The molecule has 0 unspecified atom stereocenters. The van der Waals surface area contributed by atoms with E-state index in [1.54, 1.807) is 12.1 Å². The molecule has 1 saturated heterocycles. The number of rotatable bonds is 3. The average Bonchev–Trinajstić information content (AvgIpc) is 2.29. The Hall–Kier alpha value is -0.270. The molecule has 0 bridgehead atoms. The normalized spacial score (nSPS) is 15.9. The molecule has 1 aromatic carbocycles. The van der Waals surface area contributed by atoms with Gasteiger partial charge in [0.25, 0.3) is 0 Å². The topological polar surface area (TPSA) is 69.6 Å². The van der Waals surface area contributed by atoms with Crippen molar-refractivity contribution in [2.75, 3.05) is 22.7 Å². The molecule has 0 amide bonds. The Morgan fingerprint density at radius 1 is 1.11 bits per heavy atom. The van der Waals surface area contributed by atoms with Gasteiger partial charge < -0.3 is 4.90 Å². The van der Waals surface area contributed by atoms with Gasteiger partial charge in [0.15, 0.2) is 0 Å². The Kier molecular flexibility index (Phi) is 5.94. The molecule has 0 aliphatic carbocycles. The van der Waals surface area contributed by atoms with E-state index in [1.165, 1.54) is 6.42 Å². The first kappa shape index (κ1) is 15.8. The molecule has 0 saturated carbocycles. The van der Waals surface area contributed by atoms with Crippen molar-refractivity contribution in [2.24, 2.45) is 0 Å². The molecule has 5 nitrogen and oxygen atoms in total. The minimum atomic E-state index is -4.22. The second-order valence-corrected chi connectivity index (χ2v) is 5.30. The summed E-state index contributed by atoms with van der Waals surface area (Å²) in [5.41, 5.74) is 1.25. The molecule has 1 fully saturated rings. The van der Waals surface area contributed by atoms with Crippen LogP contribution in [0.15, 0.2) is 24.3 Å². The zero-order valence-corrected chi connectivity index (χ0v) is 10.3. The van der Waals surface area contributed by atoms with Gasteiger partial charge in [-0.05, 0) is 31.4 Å². The van der Waals surface area contributed by atoms with Crippen LogP contribution in [0.4, 0.5) is 11.4 Å². The van der Waals surface area contributed by atoms with Crippen LogP contribution in [0.2, 0.25) is 0 Å². The average molecular weight is 280 g/mol. The van der Waals surface area contributed by atoms with Crippen LogP contribution in [0.5, 0.6) is 0 Å². The third-order valence-electron chi connectivity index (χ3n) is 2.84. The van der Waals surface area contributed by atoms with Crippen molar-refractivity contribution in [3.05, 3.63) is 24.3 Å². The molecule has 1 aliphatic rings. The van der Waals surface area contributed by atoms with Crippen LogP contribution in [0.1, 0.15) is 19.3 Å². The van der Waals surface area contributed by atoms with Crippen LogP contribution < -0.4 is 9.62 Å². The summed E-state index contributed by atoms with van der Waals surface area (Å²) in [5.74, 6) is 0. The molecule has 18 heavy (non-hydrogen) atoms. The van der Waals surface area contributed by atoms with E-state index in [2.05, 4.69) is 9.62 Å². The predicted molar refractivity (Wildman–Crippen MR) is 74.8 cm³/mol. The molecule has 0 spiro atoms. The van der Waals surface area contributed by atoms with Crippen LogP contribution in [0.3, 0.4) is 0 Å². The molecule has 96 valence electrons. The van der Waals surface area contributed by atoms with Crippen LogP contribution in [0.25, 0.3) is 0 Å². The van der Waals surface area contributed by atoms with E-state index in [9.17, 15) is 8.42 Å². The van der Waals surface area contributed by atoms with Crippen molar-refractivity contribution in [2.45, 2.75) is 19.3 Å². The van der Waals surface area contributed by atoms with Crippen molar-refractivity contribution in [3.63, 3.8) is 0 Å². The number of nitrogens with one attached hydrogen (secondary N) is 1. The van der Waals surface area contributed by atoms with Crippen LogP contribution in [-0.2, 0) is 10.3 Å². The summed E-state index contributed by atoms with van der Waals surface area (Å²) in [7, 11) is -4.22. The Morgan fingerprint density at radius 2 is 1.72 bits per heavy atom. The van der Waals surface area contributed by atoms with E-state index in [0.717, 1.165) is 31.6 Å². The van der Waals surface area contributed by atoms with Crippen LogP contribution in [-0.4, -0.2) is 55.6 Å². The summed E-state index contributed by atoms with van der Waals surface area (Å²) in [6.45, 7) is 1.84. The first-order valence-electron chi connectivity index (χ1n) is 5.65. The van der Waals surface area contributed by atoms with E-state index < -0.39 is 10.3 Å². The van der Waals surface area contributed by atoms with Gasteiger partial charge in [-0.25, -0.2) is 0 Å². The third kappa shape index (κ3) is 4.44. The molecule has 1 heterocycles. The van der Waals surface area contributed by atoms with Gasteiger partial charge in [0, 0.05) is 13.1 Å². The van der Waals surface area contributed by atoms with Crippen LogP contribution in [0, 0.1) is 0 Å². The SMILES string of the molecule is O=S(=O)(O)Nc1ccccc1N1CCCCC1.[NaH]. The Morgan fingerprint density at radius 3 is 2.33 bits per heavy atom. The number of hydrogen-bond donors (Lipinski definition) is 2. The van der Waals surface area contributed by atoms with Crippen molar-refractivity contribution >= 4 is 51.2 Å². The number of benzene rings is 1. The summed E-state index contributed by atoms with van der Waals surface area (Å²) in [6.07, 6.45) is 3.44. The monoisotopic (exact) mass is 280 g/mol. The van der Waals surface area contributed by atoms with Gasteiger partial charge in [-0.2, -0.15) is 8.42 Å². The van der Waals surface area contributed by atoms with E-state index >= 15 is 0 Å². The van der Waals surface area contributed by atoms with Crippen molar-refractivity contribution < 1.29 is 13.0 Å². The third-order valence-corrected chi connectivity index (χ3v) is 3.32. The Bertz CT molecular complexity index is 487. The molecule has 2 rings (SSSR count). The molecule has 0 radical (unpaired) electrons. The first-order chi connectivity index (χ1) is 8.06. The molecule has 2 N–H and O–H groups in total. The van der Waals surface area contributed by atoms with E-state index in [1.807, 2.05) is 12.1 Å². The van der Waals surface area contributed by atoms with Gasteiger partial charge in [-0.3, -0.25) is 9.27 Å². The molecule has 1 aliphatic heterocycles. The van der Waals surface area contributed by atoms with E-state index in [0.29, 0.717) is 5.69 Å². The number of anilines is 2. The number of piperidine rings is 1. The quantitative estimate of drug-likeness (QED) is 0.645. The Labute approximate surface area is 130 Å². The van der Waals surface area contributed by atoms with Gasteiger partial charge in [-0.1, -0.05) is 12.1 Å². The van der Waals surface area contributed by atoms with Crippen molar-refractivity contribution in [1.29, 1.82) is 0 Å². The molecular formula is C11H17N2NaO3S. The summed E-state index contributed by atoms with van der Waals surface area (Å²) >= 11 is 0. The summed E-state index contributed by atoms with van der Waals surface area (Å²) in [6, 6.07) is 7.11. The standard InChI is InChI=1S/C11H16N2O3S.Na.H/c14-17(15,16)12-10-6-2-3-7-11(10)13-8-4-1-5-9-13;;/h2-3,6-7,12H,1,4-5,8-9H2,(H,14,15,16);;. The molecule has 7 heteroatoms. The zero-order chi connectivity index (χ0) is 12.3. The minimum absolute atomic E-state index is 0. The molecule has 0 atom stereocenters. The second-order valence-electron chi connectivity index (χ2n) is 4.14. The predicted octanol–water partition coefficient (Wildman–Crippen LogP) is 1.24. The number of para-hydroxylation sites is 2. The number of hydrogen-bond acceptors (Lipinski definition) is 3. The van der Waals surface area contributed by atoms with Crippen molar-refractivity contribution in [1.82, 2.24) is 0 Å². The molecule has 1 aromatic rings. The number of nitrogens with zero attached hydrogens (tertiary/aromatic N) is 1. The van der Waals surface area contributed by atoms with Gasteiger partial charge in [0.2, 0.25) is 0 Å². The maximum atomic E-state index is 10.9. The fourth-order valence-corrected chi connectivity index (χ4v) is 2.56. The maximum absolute atomic E-state index is 10.9. The Balaban J connectivity index is 0.00000162. The fourth-order valence-electron chi connectivity index (χ4n) is 2.11. The molecule has 0 aromatic heterocycles. The van der Waals surface area contributed by atoms with Crippen LogP contribution >= 0.6 is 0 Å². The fraction of sp³-hybridized carbons (Fsp3) is 0.455. The summed E-state index contributed by atoms with van der Waals surface area (Å²) in [5, 5.41) is 0. The van der Waals surface area contributed by atoms with E-state index in [-0.39, 0.29) is 29.6 Å². The van der Waals surface area contributed by atoms with Gasteiger partial charge in [0.1, 0.15) is 0 Å². The van der Waals surface area contributed by atoms with Gasteiger partial charge >= 0.3 is 39.9 Å². The van der Waals surface area contributed by atoms with E-state index in [4.69, 9.17) is 4.55 Å². The zero-order valence-electron chi connectivity index (χ0n) is 9.46. The first-order valence-corrected chi connectivity index (χ1v) is 7.09. The summed E-state index contributed by atoms with van der Waals surface area (Å²) in [4.78, 5) is 2.14. The second kappa shape index (κ2) is 6.77. The summed E-state index contributed by atoms with van der Waals surface area (Å²) < 4.78 is 32.7.